The second kappa shape index (κ2) is 6.34. The van der Waals surface area contributed by atoms with Crippen LogP contribution in [0.1, 0.15) is 30.9 Å². The normalized spacial score (nSPS) is 18.0. The van der Waals surface area contributed by atoms with Gasteiger partial charge in [0.05, 0.1) is 11.9 Å². The third-order valence-electron chi connectivity index (χ3n) is 4.46. The molecule has 0 amide bonds. The maximum Gasteiger partial charge on any atom is 0.0678 e. The molecule has 1 aromatic heterocycles. The number of anilines is 1. The third kappa shape index (κ3) is 3.06. The topological polar surface area (TPSA) is 33.4 Å². The van der Waals surface area contributed by atoms with Gasteiger partial charge in [0.1, 0.15) is 0 Å². The molecular weight excluding hydrogens is 272 g/mol. The van der Waals surface area contributed by atoms with E-state index < -0.39 is 0 Å². The van der Waals surface area contributed by atoms with Crippen LogP contribution >= 0.6 is 0 Å². The monoisotopic (exact) mass is 296 g/mol. The van der Waals surface area contributed by atoms with E-state index in [4.69, 9.17) is 4.99 Å². The summed E-state index contributed by atoms with van der Waals surface area (Å²) in [7, 11) is 2.18. The highest BCUT2D eigenvalue weighted by Crippen LogP contribution is 2.35. The van der Waals surface area contributed by atoms with Crippen LogP contribution in [0.4, 0.5) is 11.4 Å². The van der Waals surface area contributed by atoms with Crippen molar-refractivity contribution >= 4 is 17.6 Å². The molecule has 1 atom stereocenters. The number of aliphatic imine (C=N–C) groups is 1. The number of nitrogens with zero attached hydrogens (tertiary/aromatic N) is 4. The minimum absolute atomic E-state index is 0.606. The van der Waals surface area contributed by atoms with Gasteiger partial charge in [0.2, 0.25) is 0 Å². The van der Waals surface area contributed by atoms with Crippen LogP contribution in [-0.2, 0) is 13.0 Å². The molecule has 3 rings (SSSR count). The Morgan fingerprint density at radius 2 is 2.27 bits per heavy atom. The lowest BCUT2D eigenvalue weighted by Crippen LogP contribution is -2.33. The number of benzene rings is 1. The van der Waals surface area contributed by atoms with Crippen LogP contribution in [0.15, 0.2) is 35.6 Å². The van der Waals surface area contributed by atoms with Crippen molar-refractivity contribution in [1.82, 2.24) is 9.78 Å². The Morgan fingerprint density at radius 1 is 1.41 bits per heavy atom. The van der Waals surface area contributed by atoms with Crippen LogP contribution in [-0.4, -0.2) is 29.1 Å². The van der Waals surface area contributed by atoms with E-state index in [9.17, 15) is 0 Å². The molecule has 0 saturated heterocycles. The fraction of sp³-hybridized carbons (Fsp3) is 0.444. The fourth-order valence-corrected chi connectivity index (χ4v) is 3.00. The number of hydrogen-bond acceptors (Lipinski definition) is 3. The molecule has 1 aromatic carbocycles. The Labute approximate surface area is 132 Å². The van der Waals surface area contributed by atoms with E-state index in [2.05, 4.69) is 55.3 Å². The number of fused-ring (bicyclic) bond motifs is 1. The lowest BCUT2D eigenvalue weighted by Gasteiger charge is -2.34. The van der Waals surface area contributed by atoms with E-state index >= 15 is 0 Å². The van der Waals surface area contributed by atoms with Crippen LogP contribution in [0.25, 0.3) is 0 Å². The average Bonchev–Trinajstić information content (AvgIpc) is 2.93. The Balaban J connectivity index is 1.69. The second-order valence-electron chi connectivity index (χ2n) is 6.15. The smallest absolute Gasteiger partial charge is 0.0678 e. The Hall–Kier alpha value is -2.10. The number of rotatable bonds is 4. The number of hydrogen-bond donors (Lipinski definition) is 0. The lowest BCUT2D eigenvalue weighted by atomic mass is 9.96. The maximum absolute atomic E-state index is 4.71. The van der Waals surface area contributed by atoms with Crippen molar-refractivity contribution in [2.24, 2.45) is 4.99 Å². The molecule has 0 fully saturated rings. The van der Waals surface area contributed by atoms with Crippen LogP contribution < -0.4 is 4.90 Å². The zero-order chi connectivity index (χ0) is 15.5. The summed E-state index contributed by atoms with van der Waals surface area (Å²) in [6.45, 7) is 5.22. The molecule has 2 heterocycles. The zero-order valence-electron chi connectivity index (χ0n) is 13.7. The van der Waals surface area contributed by atoms with Crippen molar-refractivity contribution in [3.05, 3.63) is 41.7 Å². The molecule has 22 heavy (non-hydrogen) atoms. The van der Waals surface area contributed by atoms with E-state index in [-0.39, 0.29) is 0 Å². The molecule has 0 spiro atoms. The van der Waals surface area contributed by atoms with Gasteiger partial charge >= 0.3 is 0 Å². The number of aromatic nitrogens is 2. The van der Waals surface area contributed by atoms with Gasteiger partial charge in [0.15, 0.2) is 0 Å². The van der Waals surface area contributed by atoms with E-state index in [1.165, 1.54) is 23.2 Å². The summed E-state index contributed by atoms with van der Waals surface area (Å²) in [5.41, 5.74) is 5.03. The standard InChI is InChI=1S/C18H24N4/c1-14-12-20-22(13-14)11-5-10-19-17-6-4-7-18-16(17)9-8-15(2)21(18)3/h4,6-7,10,12-13,15H,5,8-9,11H2,1-3H3. The molecule has 2 aromatic rings. The number of aryl methyl sites for hydroxylation is 2. The first-order chi connectivity index (χ1) is 10.6. The van der Waals surface area contributed by atoms with E-state index in [1.54, 1.807) is 0 Å². The van der Waals surface area contributed by atoms with Gasteiger partial charge in [-0.05, 0) is 44.4 Å². The molecule has 1 aliphatic rings. The fourth-order valence-electron chi connectivity index (χ4n) is 3.00. The van der Waals surface area contributed by atoms with Crippen molar-refractivity contribution in [3.63, 3.8) is 0 Å². The molecular formula is C18H24N4. The van der Waals surface area contributed by atoms with Crippen LogP contribution in [0.2, 0.25) is 0 Å². The first-order valence-corrected chi connectivity index (χ1v) is 8.01. The molecule has 0 bridgehead atoms. The molecule has 1 aliphatic heterocycles. The summed E-state index contributed by atoms with van der Waals surface area (Å²) in [6.07, 6.45) is 9.19. The van der Waals surface area contributed by atoms with E-state index in [1.807, 2.05) is 17.1 Å². The summed E-state index contributed by atoms with van der Waals surface area (Å²) in [5, 5.41) is 4.30. The third-order valence-corrected chi connectivity index (χ3v) is 4.46. The predicted molar refractivity (Wildman–Crippen MR) is 92.4 cm³/mol. The Bertz CT molecular complexity index is 671. The Morgan fingerprint density at radius 3 is 3.05 bits per heavy atom. The first kappa shape index (κ1) is 14.8. The summed E-state index contributed by atoms with van der Waals surface area (Å²) in [6, 6.07) is 7.04. The summed E-state index contributed by atoms with van der Waals surface area (Å²) in [4.78, 5) is 7.07. The quantitative estimate of drug-likeness (QED) is 0.805. The van der Waals surface area contributed by atoms with Crippen molar-refractivity contribution in [2.75, 3.05) is 11.9 Å². The largest absolute Gasteiger partial charge is 0.372 e. The van der Waals surface area contributed by atoms with Gasteiger partial charge in [-0.25, -0.2) is 0 Å². The van der Waals surface area contributed by atoms with Gasteiger partial charge in [0, 0.05) is 49.7 Å². The highest BCUT2D eigenvalue weighted by molar-refractivity contribution is 5.71. The van der Waals surface area contributed by atoms with Crippen molar-refractivity contribution in [2.45, 2.75) is 45.7 Å². The van der Waals surface area contributed by atoms with Gasteiger partial charge < -0.3 is 4.90 Å². The van der Waals surface area contributed by atoms with Gasteiger partial charge in [-0.15, -0.1) is 0 Å². The molecule has 116 valence electrons. The molecule has 1 unspecified atom stereocenters. The van der Waals surface area contributed by atoms with Crippen LogP contribution in [0, 0.1) is 6.92 Å². The minimum Gasteiger partial charge on any atom is -0.372 e. The Kier molecular flexibility index (Phi) is 4.27. The summed E-state index contributed by atoms with van der Waals surface area (Å²) >= 11 is 0. The van der Waals surface area contributed by atoms with Crippen LogP contribution in [0.5, 0.6) is 0 Å². The highest BCUT2D eigenvalue weighted by atomic mass is 15.3. The van der Waals surface area contributed by atoms with Crippen molar-refractivity contribution in [3.8, 4) is 0 Å². The predicted octanol–water partition coefficient (Wildman–Crippen LogP) is 3.76. The van der Waals surface area contributed by atoms with Crippen LogP contribution in [0.3, 0.4) is 0 Å². The van der Waals surface area contributed by atoms with E-state index in [0.29, 0.717) is 6.04 Å². The zero-order valence-corrected chi connectivity index (χ0v) is 13.7. The molecule has 4 nitrogen and oxygen atoms in total. The first-order valence-electron chi connectivity index (χ1n) is 8.01. The molecule has 0 N–H and O–H groups in total. The second-order valence-corrected chi connectivity index (χ2v) is 6.15. The summed E-state index contributed by atoms with van der Waals surface area (Å²) in [5.74, 6) is 0. The average molecular weight is 296 g/mol. The molecule has 0 radical (unpaired) electrons. The molecule has 0 saturated carbocycles. The van der Waals surface area contributed by atoms with Gasteiger partial charge in [-0.3, -0.25) is 9.67 Å². The van der Waals surface area contributed by atoms with Gasteiger partial charge in [0.25, 0.3) is 0 Å². The molecule has 0 aliphatic carbocycles. The SMILES string of the molecule is Cc1cnn(CCC=Nc2cccc3c2CCC(C)N3C)c1. The minimum atomic E-state index is 0.606. The van der Waals surface area contributed by atoms with Crippen molar-refractivity contribution < 1.29 is 0 Å². The van der Waals surface area contributed by atoms with Crippen molar-refractivity contribution in [1.29, 1.82) is 0 Å². The van der Waals surface area contributed by atoms with E-state index in [0.717, 1.165) is 25.1 Å². The molecule has 4 heteroatoms. The summed E-state index contributed by atoms with van der Waals surface area (Å²) < 4.78 is 1.97. The maximum atomic E-state index is 4.71. The van der Waals surface area contributed by atoms with Gasteiger partial charge in [-0.1, -0.05) is 6.07 Å². The van der Waals surface area contributed by atoms with Gasteiger partial charge in [-0.2, -0.15) is 5.10 Å². The highest BCUT2D eigenvalue weighted by Gasteiger charge is 2.21. The lowest BCUT2D eigenvalue weighted by molar-refractivity contribution is 0.599.